The smallest absolute Gasteiger partial charge is 0.260 e. The Morgan fingerprint density at radius 2 is 2.03 bits per heavy atom. The lowest BCUT2D eigenvalue weighted by Crippen LogP contribution is -2.39. The van der Waals surface area contributed by atoms with Crippen LogP contribution in [0.3, 0.4) is 0 Å². The van der Waals surface area contributed by atoms with Crippen LogP contribution >= 0.6 is 27.3 Å². The summed E-state index contributed by atoms with van der Waals surface area (Å²) in [4.78, 5) is 21.7. The van der Waals surface area contributed by atoms with Gasteiger partial charge in [0.1, 0.15) is 11.3 Å². The van der Waals surface area contributed by atoms with Gasteiger partial charge in [-0.25, -0.2) is 9.37 Å². The molecule has 1 saturated heterocycles. The molecule has 5 nitrogen and oxygen atoms in total. The van der Waals surface area contributed by atoms with Crippen LogP contribution in [0.1, 0.15) is 16.8 Å². The zero-order valence-corrected chi connectivity index (χ0v) is 18.2. The minimum absolute atomic E-state index is 0.132. The van der Waals surface area contributed by atoms with Crippen LogP contribution in [-0.4, -0.2) is 55.2 Å². The summed E-state index contributed by atoms with van der Waals surface area (Å²) in [5.74, 6) is -0.499. The van der Waals surface area contributed by atoms with Crippen LogP contribution < -0.4 is 4.90 Å². The number of nitrogens with zero attached hydrogens (tertiary/aromatic N) is 3. The van der Waals surface area contributed by atoms with Gasteiger partial charge in [-0.2, -0.15) is 0 Å². The van der Waals surface area contributed by atoms with E-state index in [1.807, 2.05) is 18.2 Å². The van der Waals surface area contributed by atoms with Crippen LogP contribution in [0.5, 0.6) is 0 Å². The van der Waals surface area contributed by atoms with Crippen LogP contribution in [0.15, 0.2) is 46.9 Å². The number of benzene rings is 2. The van der Waals surface area contributed by atoms with Crippen molar-refractivity contribution in [3.05, 3.63) is 58.3 Å². The third-order valence-electron chi connectivity index (χ3n) is 4.87. The van der Waals surface area contributed by atoms with E-state index in [4.69, 9.17) is 4.74 Å². The van der Waals surface area contributed by atoms with Gasteiger partial charge in [0.15, 0.2) is 5.13 Å². The molecule has 2 aromatic carbocycles. The Morgan fingerprint density at radius 1 is 1.24 bits per heavy atom. The SMILES string of the molecule is O=C(c1cccc(Br)c1)N(CCCN1CCOCC1)c1nc2c(F)cccc2s1. The topological polar surface area (TPSA) is 45.7 Å². The molecule has 0 atom stereocenters. The number of ether oxygens (including phenoxy) is 1. The Balaban J connectivity index is 1.58. The number of rotatable bonds is 6. The van der Waals surface area contributed by atoms with Crippen LogP contribution in [0.2, 0.25) is 0 Å². The Morgan fingerprint density at radius 3 is 2.79 bits per heavy atom. The molecule has 0 N–H and O–H groups in total. The monoisotopic (exact) mass is 477 g/mol. The Bertz CT molecular complexity index is 1010. The number of morpholine rings is 1. The summed E-state index contributed by atoms with van der Waals surface area (Å²) in [7, 11) is 0. The average molecular weight is 478 g/mol. The molecule has 0 aliphatic carbocycles. The number of thiazole rings is 1. The predicted molar refractivity (Wildman–Crippen MR) is 117 cm³/mol. The highest BCUT2D eigenvalue weighted by Crippen LogP contribution is 2.31. The molecule has 0 unspecified atom stereocenters. The molecule has 2 heterocycles. The number of hydrogen-bond acceptors (Lipinski definition) is 5. The van der Waals surface area contributed by atoms with Gasteiger partial charge in [-0.05, 0) is 36.8 Å². The third kappa shape index (κ3) is 4.83. The normalized spacial score (nSPS) is 15.0. The lowest BCUT2D eigenvalue weighted by Gasteiger charge is -2.27. The Kier molecular flexibility index (Phi) is 6.54. The summed E-state index contributed by atoms with van der Waals surface area (Å²) in [6.07, 6.45) is 0.804. The second-order valence-electron chi connectivity index (χ2n) is 6.86. The zero-order chi connectivity index (χ0) is 20.2. The summed E-state index contributed by atoms with van der Waals surface area (Å²) in [5.41, 5.74) is 0.887. The number of carbonyl (C=O) groups is 1. The predicted octanol–water partition coefficient (Wildman–Crippen LogP) is 4.57. The first-order valence-corrected chi connectivity index (χ1v) is 11.2. The van der Waals surface area contributed by atoms with Gasteiger partial charge in [0.2, 0.25) is 0 Å². The molecular formula is C21H21BrFN3O2S. The van der Waals surface area contributed by atoms with E-state index in [1.54, 1.807) is 23.1 Å². The lowest BCUT2D eigenvalue weighted by atomic mass is 10.2. The van der Waals surface area contributed by atoms with Crippen molar-refractivity contribution in [3.63, 3.8) is 0 Å². The molecule has 0 saturated carbocycles. The van der Waals surface area contributed by atoms with Crippen molar-refractivity contribution in [2.75, 3.05) is 44.3 Å². The molecular weight excluding hydrogens is 457 g/mol. The average Bonchev–Trinajstić information content (AvgIpc) is 3.17. The molecule has 29 heavy (non-hydrogen) atoms. The molecule has 1 aromatic heterocycles. The number of fused-ring (bicyclic) bond motifs is 1. The number of carbonyl (C=O) groups excluding carboxylic acids is 1. The maximum absolute atomic E-state index is 14.2. The van der Waals surface area contributed by atoms with Gasteiger partial charge in [-0.1, -0.05) is 39.4 Å². The first-order valence-electron chi connectivity index (χ1n) is 9.54. The number of amides is 1. The Labute approximate surface area is 181 Å². The molecule has 152 valence electrons. The van der Waals surface area contributed by atoms with E-state index in [-0.39, 0.29) is 11.7 Å². The molecule has 1 fully saturated rings. The lowest BCUT2D eigenvalue weighted by molar-refractivity contribution is 0.0376. The van der Waals surface area contributed by atoms with Crippen LogP contribution in [-0.2, 0) is 4.74 Å². The van der Waals surface area contributed by atoms with Gasteiger partial charge in [0.25, 0.3) is 5.91 Å². The van der Waals surface area contributed by atoms with Crippen molar-refractivity contribution in [2.24, 2.45) is 0 Å². The summed E-state index contributed by atoms with van der Waals surface area (Å²) >= 11 is 4.77. The van der Waals surface area contributed by atoms with E-state index in [0.29, 0.717) is 22.8 Å². The van der Waals surface area contributed by atoms with Crippen molar-refractivity contribution >= 4 is 48.5 Å². The summed E-state index contributed by atoms with van der Waals surface area (Å²) in [5, 5.41) is 0.525. The maximum Gasteiger partial charge on any atom is 0.260 e. The molecule has 8 heteroatoms. The van der Waals surface area contributed by atoms with Crippen LogP contribution in [0.4, 0.5) is 9.52 Å². The highest BCUT2D eigenvalue weighted by molar-refractivity contribution is 9.10. The van der Waals surface area contributed by atoms with E-state index in [2.05, 4.69) is 25.8 Å². The minimum Gasteiger partial charge on any atom is -0.379 e. The zero-order valence-electron chi connectivity index (χ0n) is 15.8. The van der Waals surface area contributed by atoms with Crippen LogP contribution in [0, 0.1) is 5.82 Å². The van der Waals surface area contributed by atoms with E-state index in [1.165, 1.54) is 17.4 Å². The first kappa shape index (κ1) is 20.4. The number of aromatic nitrogens is 1. The number of hydrogen-bond donors (Lipinski definition) is 0. The number of halogens is 2. The van der Waals surface area contributed by atoms with Crippen LogP contribution in [0.25, 0.3) is 10.2 Å². The van der Waals surface area contributed by atoms with Gasteiger partial charge in [0, 0.05) is 36.2 Å². The number of anilines is 1. The van der Waals surface area contributed by atoms with Gasteiger partial charge < -0.3 is 4.74 Å². The maximum atomic E-state index is 14.2. The highest BCUT2D eigenvalue weighted by Gasteiger charge is 2.22. The third-order valence-corrected chi connectivity index (χ3v) is 6.40. The van der Waals surface area contributed by atoms with Crippen molar-refractivity contribution in [1.82, 2.24) is 9.88 Å². The Hall–Kier alpha value is -1.87. The summed E-state index contributed by atoms with van der Waals surface area (Å²) in [6, 6.07) is 12.2. The molecule has 3 aromatic rings. The van der Waals surface area contributed by atoms with Crippen molar-refractivity contribution in [2.45, 2.75) is 6.42 Å². The second-order valence-corrected chi connectivity index (χ2v) is 8.78. The van der Waals surface area contributed by atoms with Crippen molar-refractivity contribution in [1.29, 1.82) is 0 Å². The van der Waals surface area contributed by atoms with E-state index < -0.39 is 0 Å². The molecule has 0 radical (unpaired) electrons. The fourth-order valence-corrected chi connectivity index (χ4v) is 4.76. The van der Waals surface area contributed by atoms with Gasteiger partial charge in [0.05, 0.1) is 17.9 Å². The standard InChI is InChI=1S/C21H21BrFN3O2S/c22-16-5-1-4-15(14-16)20(27)26(9-3-8-25-10-12-28-13-11-25)21-24-19-17(23)6-2-7-18(19)29-21/h1-2,4-7,14H,3,8-13H2. The van der Waals surface area contributed by atoms with Gasteiger partial charge in [-0.3, -0.25) is 14.6 Å². The fourth-order valence-electron chi connectivity index (χ4n) is 3.36. The summed E-state index contributed by atoms with van der Waals surface area (Å²) < 4.78 is 21.1. The minimum atomic E-state index is -0.367. The second kappa shape index (κ2) is 9.30. The molecule has 0 bridgehead atoms. The molecule has 1 aliphatic heterocycles. The number of para-hydroxylation sites is 1. The molecule has 0 spiro atoms. The highest BCUT2D eigenvalue weighted by atomic mass is 79.9. The van der Waals surface area contributed by atoms with Gasteiger partial charge >= 0.3 is 0 Å². The molecule has 4 rings (SSSR count). The van der Waals surface area contributed by atoms with E-state index >= 15 is 0 Å². The van der Waals surface area contributed by atoms with Gasteiger partial charge in [-0.15, -0.1) is 0 Å². The fraction of sp³-hybridized carbons (Fsp3) is 0.333. The molecule has 1 amide bonds. The largest absolute Gasteiger partial charge is 0.379 e. The molecule has 1 aliphatic rings. The van der Waals surface area contributed by atoms with Crippen molar-refractivity contribution < 1.29 is 13.9 Å². The summed E-state index contributed by atoms with van der Waals surface area (Å²) in [6.45, 7) is 4.71. The quantitative estimate of drug-likeness (QED) is 0.521. The first-order chi connectivity index (χ1) is 14.1. The van der Waals surface area contributed by atoms with E-state index in [9.17, 15) is 9.18 Å². The van der Waals surface area contributed by atoms with E-state index in [0.717, 1.165) is 48.4 Å². The van der Waals surface area contributed by atoms with Crippen molar-refractivity contribution in [3.8, 4) is 0 Å².